The summed E-state index contributed by atoms with van der Waals surface area (Å²) >= 11 is 0. The van der Waals surface area contributed by atoms with Gasteiger partial charge in [0, 0.05) is 30.6 Å². The molecule has 0 fully saturated rings. The summed E-state index contributed by atoms with van der Waals surface area (Å²) in [6.45, 7) is 0. The van der Waals surface area contributed by atoms with Crippen LogP contribution in [0.4, 0.5) is 0 Å². The minimum atomic E-state index is -0.0138. The van der Waals surface area contributed by atoms with Crippen LogP contribution in [0, 0.1) is 0 Å². The van der Waals surface area contributed by atoms with E-state index in [9.17, 15) is 0 Å². The number of H-pyrrole nitrogens is 1. The summed E-state index contributed by atoms with van der Waals surface area (Å²) < 4.78 is 0. The summed E-state index contributed by atoms with van der Waals surface area (Å²) in [6.07, 6.45) is 10.00. The molecule has 2 aromatic heterocycles. The molecule has 7 nitrogen and oxygen atoms in total. The average molecular weight is 303 g/mol. The van der Waals surface area contributed by atoms with E-state index in [4.69, 9.17) is 0 Å². The van der Waals surface area contributed by atoms with Gasteiger partial charge in [0.1, 0.15) is 0 Å². The zero-order chi connectivity index (χ0) is 15.5. The molecule has 4 rings (SSSR count). The van der Waals surface area contributed by atoms with Crippen LogP contribution in [0.5, 0.6) is 0 Å². The van der Waals surface area contributed by atoms with Crippen LogP contribution in [0.15, 0.2) is 53.9 Å². The van der Waals surface area contributed by atoms with E-state index in [0.717, 1.165) is 28.8 Å². The number of hydrogen-bond acceptors (Lipinski definition) is 6. The second-order valence-corrected chi connectivity index (χ2v) is 5.12. The Hall–Kier alpha value is -3.22. The smallest absolute Gasteiger partial charge is 0.204 e. The third-order valence-electron chi connectivity index (χ3n) is 3.68. The molecule has 0 saturated heterocycles. The van der Waals surface area contributed by atoms with Gasteiger partial charge in [-0.25, -0.2) is 0 Å². The molecular formula is C16H13N7. The summed E-state index contributed by atoms with van der Waals surface area (Å²) in [5.41, 5.74) is 4.06. The lowest BCUT2D eigenvalue weighted by molar-refractivity contribution is 0.881. The lowest BCUT2D eigenvalue weighted by Gasteiger charge is -2.15. The molecule has 7 heteroatoms. The topological polar surface area (TPSA) is 92.6 Å². The van der Waals surface area contributed by atoms with Gasteiger partial charge in [-0.2, -0.15) is 5.21 Å². The second-order valence-electron chi connectivity index (χ2n) is 5.12. The highest BCUT2D eigenvalue weighted by atomic mass is 15.5. The molecule has 1 atom stereocenters. The molecule has 3 heterocycles. The first-order valence-electron chi connectivity index (χ1n) is 7.22. The van der Waals surface area contributed by atoms with Gasteiger partial charge >= 0.3 is 0 Å². The van der Waals surface area contributed by atoms with Crippen molar-refractivity contribution < 1.29 is 0 Å². The number of aliphatic imine (C=N–C) groups is 1. The predicted molar refractivity (Wildman–Crippen MR) is 85.5 cm³/mol. The fraction of sp³-hybridized carbons (Fsp3) is 0.125. The second kappa shape index (κ2) is 5.88. The third kappa shape index (κ3) is 2.76. The highest BCUT2D eigenvalue weighted by Crippen LogP contribution is 2.29. The number of aromatic amines is 1. The molecule has 0 radical (unpaired) electrons. The maximum Gasteiger partial charge on any atom is 0.204 e. The van der Waals surface area contributed by atoms with Gasteiger partial charge in [0.2, 0.25) is 5.82 Å². The highest BCUT2D eigenvalue weighted by molar-refractivity contribution is 5.81. The molecule has 112 valence electrons. The van der Waals surface area contributed by atoms with Gasteiger partial charge in [-0.15, -0.1) is 10.2 Å². The molecule has 1 aliphatic rings. The highest BCUT2D eigenvalue weighted by Gasteiger charge is 2.14. The van der Waals surface area contributed by atoms with E-state index >= 15 is 0 Å². The SMILES string of the molecule is C1=N[C@H](c2ccc(-c3nn[nH]n3)cc2)C=C(c2cnccn2)C1. The summed E-state index contributed by atoms with van der Waals surface area (Å²) in [6, 6.07) is 7.99. The van der Waals surface area contributed by atoms with Crippen molar-refractivity contribution >= 4 is 11.8 Å². The van der Waals surface area contributed by atoms with Gasteiger partial charge < -0.3 is 0 Å². The number of dihydropyridines is 1. The summed E-state index contributed by atoms with van der Waals surface area (Å²) in [5.74, 6) is 0.583. The first kappa shape index (κ1) is 13.4. The van der Waals surface area contributed by atoms with Crippen LogP contribution in [0.25, 0.3) is 17.0 Å². The number of hydrogen-bond donors (Lipinski definition) is 1. The molecule has 3 aromatic rings. The van der Waals surface area contributed by atoms with E-state index in [0.29, 0.717) is 5.82 Å². The van der Waals surface area contributed by atoms with Crippen molar-refractivity contribution in [2.45, 2.75) is 12.5 Å². The van der Waals surface area contributed by atoms with Crippen LogP contribution in [-0.2, 0) is 0 Å². The largest absolute Gasteiger partial charge is 0.285 e. The first-order valence-corrected chi connectivity index (χ1v) is 7.22. The van der Waals surface area contributed by atoms with Crippen molar-refractivity contribution in [1.29, 1.82) is 0 Å². The standard InChI is InChI=1S/C16H13N7/c1-3-12(16-20-22-23-21-16)4-2-11(1)14-9-13(5-6-18-14)15-10-17-7-8-19-15/h1-4,6-10,14H,5H2,(H,20,21,22,23)/t14-/m0/s1. The van der Waals surface area contributed by atoms with Gasteiger partial charge in [0.05, 0.1) is 17.9 Å². The quantitative estimate of drug-likeness (QED) is 0.801. The van der Waals surface area contributed by atoms with Crippen molar-refractivity contribution in [3.8, 4) is 11.4 Å². The normalized spacial score (nSPS) is 17.0. The molecule has 1 aliphatic heterocycles. The fourth-order valence-corrected chi connectivity index (χ4v) is 2.52. The van der Waals surface area contributed by atoms with E-state index in [1.807, 2.05) is 30.5 Å². The lowest BCUT2D eigenvalue weighted by atomic mass is 9.98. The summed E-state index contributed by atoms with van der Waals surface area (Å²) in [7, 11) is 0. The molecule has 23 heavy (non-hydrogen) atoms. The third-order valence-corrected chi connectivity index (χ3v) is 3.68. The van der Waals surface area contributed by atoms with Crippen LogP contribution in [-0.4, -0.2) is 36.8 Å². The zero-order valence-electron chi connectivity index (χ0n) is 12.2. The Morgan fingerprint density at radius 1 is 1.09 bits per heavy atom. The predicted octanol–water partition coefficient (Wildman–Crippen LogP) is 2.26. The number of allylic oxidation sites excluding steroid dienone is 1. The number of rotatable bonds is 3. The monoisotopic (exact) mass is 303 g/mol. The summed E-state index contributed by atoms with van der Waals surface area (Å²) in [5, 5.41) is 14.0. The molecule has 0 amide bonds. The Bertz CT molecular complexity index is 836. The Labute approximate surface area is 132 Å². The number of benzene rings is 1. The average Bonchev–Trinajstić information content (AvgIpc) is 3.17. The van der Waals surface area contributed by atoms with E-state index in [1.54, 1.807) is 18.6 Å². The minimum Gasteiger partial charge on any atom is -0.285 e. The van der Waals surface area contributed by atoms with Gasteiger partial charge in [-0.1, -0.05) is 24.3 Å². The maximum absolute atomic E-state index is 4.57. The van der Waals surface area contributed by atoms with Crippen molar-refractivity contribution in [2.24, 2.45) is 4.99 Å². The fourth-order valence-electron chi connectivity index (χ4n) is 2.52. The molecule has 0 bridgehead atoms. The van der Waals surface area contributed by atoms with Gasteiger partial charge in [-0.05, 0) is 22.4 Å². The van der Waals surface area contributed by atoms with Crippen molar-refractivity contribution in [3.05, 3.63) is 60.2 Å². The minimum absolute atomic E-state index is 0.0138. The Morgan fingerprint density at radius 2 is 2.00 bits per heavy atom. The Kier molecular flexibility index (Phi) is 3.44. The van der Waals surface area contributed by atoms with E-state index in [1.165, 1.54) is 0 Å². The first-order chi connectivity index (χ1) is 11.4. The van der Waals surface area contributed by atoms with Crippen LogP contribution in [0.1, 0.15) is 23.7 Å². The summed E-state index contributed by atoms with van der Waals surface area (Å²) in [4.78, 5) is 13.1. The molecule has 0 saturated carbocycles. The van der Waals surface area contributed by atoms with E-state index < -0.39 is 0 Å². The lowest BCUT2D eigenvalue weighted by Crippen LogP contribution is -2.02. The Balaban J connectivity index is 1.61. The molecule has 1 aromatic carbocycles. The number of nitrogens with zero attached hydrogens (tertiary/aromatic N) is 6. The van der Waals surface area contributed by atoms with Crippen molar-refractivity contribution in [2.75, 3.05) is 0 Å². The Morgan fingerprint density at radius 3 is 2.74 bits per heavy atom. The van der Waals surface area contributed by atoms with Gasteiger partial charge in [0.15, 0.2) is 0 Å². The van der Waals surface area contributed by atoms with E-state index in [-0.39, 0.29) is 6.04 Å². The number of nitrogens with one attached hydrogen (secondary N) is 1. The van der Waals surface area contributed by atoms with Crippen molar-refractivity contribution in [1.82, 2.24) is 30.6 Å². The maximum atomic E-state index is 4.57. The number of tetrazole rings is 1. The van der Waals surface area contributed by atoms with Gasteiger partial charge in [-0.3, -0.25) is 15.0 Å². The molecule has 1 N–H and O–H groups in total. The van der Waals surface area contributed by atoms with E-state index in [2.05, 4.69) is 41.7 Å². The molecular weight excluding hydrogens is 290 g/mol. The van der Waals surface area contributed by atoms with Crippen LogP contribution in [0.3, 0.4) is 0 Å². The van der Waals surface area contributed by atoms with Crippen LogP contribution < -0.4 is 0 Å². The molecule has 0 aliphatic carbocycles. The molecule has 0 spiro atoms. The van der Waals surface area contributed by atoms with Crippen molar-refractivity contribution in [3.63, 3.8) is 0 Å². The molecule has 0 unspecified atom stereocenters. The van der Waals surface area contributed by atoms with Crippen LogP contribution >= 0.6 is 0 Å². The zero-order valence-corrected chi connectivity index (χ0v) is 12.2. The van der Waals surface area contributed by atoms with Gasteiger partial charge in [0.25, 0.3) is 0 Å². The number of aromatic nitrogens is 6. The van der Waals surface area contributed by atoms with Crippen LogP contribution in [0.2, 0.25) is 0 Å².